The molecule has 0 saturated heterocycles. The topological polar surface area (TPSA) is 34.5 Å². The van der Waals surface area contributed by atoms with Crippen molar-refractivity contribution in [1.29, 1.82) is 0 Å². The summed E-state index contributed by atoms with van der Waals surface area (Å²) in [6, 6.07) is 0. The molecule has 0 aliphatic carbocycles. The number of hydrogen-bond acceptors (Lipinski definition) is 4. The molecule has 0 aromatic carbocycles. The molecule has 5 heteroatoms. The van der Waals surface area contributed by atoms with Gasteiger partial charge in [0, 0.05) is 11.6 Å². The van der Waals surface area contributed by atoms with Crippen LogP contribution in [0.2, 0.25) is 11.1 Å². The van der Waals surface area contributed by atoms with Crippen LogP contribution in [0, 0.1) is 0 Å². The maximum absolute atomic E-state index is 5.61. The van der Waals surface area contributed by atoms with Crippen molar-refractivity contribution in [2.45, 2.75) is 38.8 Å². The molecule has 0 spiro atoms. The van der Waals surface area contributed by atoms with E-state index in [1.807, 2.05) is 5.38 Å². The third-order valence-electron chi connectivity index (χ3n) is 2.11. The minimum Gasteiger partial charge on any atom is -0.458 e. The molecule has 3 nitrogen and oxygen atoms in total. The highest BCUT2D eigenvalue weighted by Crippen LogP contribution is 2.20. The highest BCUT2D eigenvalue weighted by atomic mass is 32.1. The van der Waals surface area contributed by atoms with Crippen molar-refractivity contribution in [1.82, 2.24) is 4.98 Å². The largest absolute Gasteiger partial charge is 0.458 e. The Morgan fingerprint density at radius 1 is 1.40 bits per heavy atom. The smallest absolute Gasteiger partial charge is 0.277 e. The molecule has 0 N–H and O–H groups in total. The highest BCUT2D eigenvalue weighted by Gasteiger charge is 2.22. The molecule has 0 saturated carbocycles. The van der Waals surface area contributed by atoms with E-state index in [9.17, 15) is 0 Å². The van der Waals surface area contributed by atoms with E-state index in [1.165, 1.54) is 0 Å². The molecule has 1 aromatic rings. The molecule has 0 aliphatic heterocycles. The quantitative estimate of drug-likeness (QED) is 0.452. The van der Waals surface area contributed by atoms with Gasteiger partial charge in [0.25, 0.3) is 9.04 Å². The zero-order chi connectivity index (χ0) is 11.3. The minimum absolute atomic E-state index is 0.610. The van der Waals surface area contributed by atoms with E-state index in [-0.39, 0.29) is 0 Å². The van der Waals surface area contributed by atoms with Crippen LogP contribution in [0.4, 0.5) is 0 Å². The van der Waals surface area contributed by atoms with Crippen LogP contribution in [-0.4, -0.2) is 20.2 Å². The van der Waals surface area contributed by atoms with E-state index in [0.29, 0.717) is 11.1 Å². The van der Waals surface area contributed by atoms with Crippen molar-refractivity contribution < 1.29 is 4.53 Å². The molecule has 1 heterocycles. The summed E-state index contributed by atoms with van der Waals surface area (Å²) in [5.41, 5.74) is 1.22. The SMILES string of the molecule is CC(C)[SiH](ON=Cc1nccs1)C(C)C. The van der Waals surface area contributed by atoms with Crippen LogP contribution in [0.15, 0.2) is 16.7 Å². The van der Waals surface area contributed by atoms with Gasteiger partial charge in [0.1, 0.15) is 11.2 Å². The predicted molar refractivity (Wildman–Crippen MR) is 68.1 cm³/mol. The molecule has 0 aliphatic rings. The van der Waals surface area contributed by atoms with Gasteiger partial charge in [0.15, 0.2) is 0 Å². The Kier molecular flexibility index (Phi) is 4.97. The van der Waals surface area contributed by atoms with E-state index in [4.69, 9.17) is 4.53 Å². The fourth-order valence-electron chi connectivity index (χ4n) is 1.46. The summed E-state index contributed by atoms with van der Waals surface area (Å²) in [4.78, 5) is 4.11. The summed E-state index contributed by atoms with van der Waals surface area (Å²) in [7, 11) is -1.22. The number of hydrogen-bond donors (Lipinski definition) is 0. The van der Waals surface area contributed by atoms with Gasteiger partial charge in [-0.1, -0.05) is 27.7 Å². The van der Waals surface area contributed by atoms with E-state index >= 15 is 0 Å². The first-order chi connectivity index (χ1) is 7.11. The van der Waals surface area contributed by atoms with Gasteiger partial charge >= 0.3 is 0 Å². The molecule has 1 aromatic heterocycles. The van der Waals surface area contributed by atoms with Gasteiger partial charge in [0.05, 0.1) is 0 Å². The summed E-state index contributed by atoms with van der Waals surface area (Å²) < 4.78 is 5.61. The zero-order valence-electron chi connectivity index (χ0n) is 9.68. The summed E-state index contributed by atoms with van der Waals surface area (Å²) in [6.07, 6.45) is 3.47. The third kappa shape index (κ3) is 4.13. The Bertz CT molecular complexity index is 290. The van der Waals surface area contributed by atoms with Crippen molar-refractivity contribution in [3.8, 4) is 0 Å². The number of nitrogens with zero attached hydrogens (tertiary/aromatic N) is 2. The Hall–Kier alpha value is -0.683. The van der Waals surface area contributed by atoms with E-state index in [1.54, 1.807) is 23.7 Å². The van der Waals surface area contributed by atoms with Crippen LogP contribution in [0.1, 0.15) is 32.7 Å². The molecule has 0 fully saturated rings. The summed E-state index contributed by atoms with van der Waals surface area (Å²) in [6.45, 7) is 8.82. The van der Waals surface area contributed by atoms with Crippen molar-refractivity contribution in [2.75, 3.05) is 0 Å². The second kappa shape index (κ2) is 6.02. The van der Waals surface area contributed by atoms with Crippen LogP contribution >= 0.6 is 11.3 Å². The first-order valence-electron chi connectivity index (χ1n) is 5.20. The van der Waals surface area contributed by atoms with Gasteiger partial charge < -0.3 is 4.53 Å². The highest BCUT2D eigenvalue weighted by molar-refractivity contribution is 7.11. The molecule has 0 bridgehead atoms. The third-order valence-corrected chi connectivity index (χ3v) is 5.81. The second-order valence-electron chi connectivity index (χ2n) is 4.16. The lowest BCUT2D eigenvalue weighted by molar-refractivity contribution is 0.332. The van der Waals surface area contributed by atoms with Crippen LogP contribution < -0.4 is 0 Å². The van der Waals surface area contributed by atoms with Gasteiger partial charge in [-0.15, -0.1) is 16.5 Å². The molecule has 1 rings (SSSR count). The maximum atomic E-state index is 5.61. The van der Waals surface area contributed by atoms with E-state index in [0.717, 1.165) is 5.01 Å². The lowest BCUT2D eigenvalue weighted by atomic mass is 10.5. The van der Waals surface area contributed by atoms with Gasteiger partial charge in [-0.05, 0) is 11.1 Å². The normalized spacial score (nSPS) is 12.2. The van der Waals surface area contributed by atoms with Crippen molar-refractivity contribution in [3.63, 3.8) is 0 Å². The van der Waals surface area contributed by atoms with Crippen molar-refractivity contribution >= 4 is 26.6 Å². The number of oxime groups is 1. The molecule has 0 atom stereocenters. The molecule has 0 radical (unpaired) electrons. The van der Waals surface area contributed by atoms with Crippen LogP contribution in [0.25, 0.3) is 0 Å². The first-order valence-corrected chi connectivity index (χ1v) is 7.88. The monoisotopic (exact) mass is 242 g/mol. The first kappa shape index (κ1) is 12.4. The molecular weight excluding hydrogens is 224 g/mol. The van der Waals surface area contributed by atoms with Crippen molar-refractivity contribution in [3.05, 3.63) is 16.6 Å². The number of thiazole rings is 1. The molecule has 15 heavy (non-hydrogen) atoms. The van der Waals surface area contributed by atoms with Gasteiger partial charge in [-0.25, -0.2) is 4.98 Å². The summed E-state index contributed by atoms with van der Waals surface area (Å²) in [5.74, 6) is 0. The second-order valence-corrected chi connectivity index (χ2v) is 8.90. The van der Waals surface area contributed by atoms with E-state index < -0.39 is 9.04 Å². The molecule has 0 unspecified atom stereocenters. The van der Waals surface area contributed by atoms with Crippen LogP contribution in [0.3, 0.4) is 0 Å². The standard InChI is InChI=1S/C10H18N2OSSi/c1-8(2)15(9(3)4)13-12-7-10-11-5-6-14-10/h5-9,15H,1-4H3. The Morgan fingerprint density at radius 2 is 2.07 bits per heavy atom. The fraction of sp³-hybridized carbons (Fsp3) is 0.600. The molecule has 84 valence electrons. The number of rotatable bonds is 5. The Balaban J connectivity index is 2.47. The lowest BCUT2D eigenvalue weighted by Crippen LogP contribution is -2.23. The Morgan fingerprint density at radius 3 is 2.53 bits per heavy atom. The molecular formula is C10H18N2OSSi. The fourth-order valence-corrected chi connectivity index (χ4v) is 4.17. The zero-order valence-corrected chi connectivity index (χ0v) is 11.6. The maximum Gasteiger partial charge on any atom is 0.277 e. The summed E-state index contributed by atoms with van der Waals surface area (Å²) >= 11 is 1.57. The van der Waals surface area contributed by atoms with Crippen molar-refractivity contribution in [2.24, 2.45) is 5.16 Å². The summed E-state index contributed by atoms with van der Waals surface area (Å²) in [5, 5.41) is 6.87. The molecule has 0 amide bonds. The van der Waals surface area contributed by atoms with Gasteiger partial charge in [-0.2, -0.15) is 0 Å². The minimum atomic E-state index is -1.22. The van der Waals surface area contributed by atoms with Gasteiger partial charge in [0.2, 0.25) is 0 Å². The lowest BCUT2D eigenvalue weighted by Gasteiger charge is -2.19. The predicted octanol–water partition coefficient (Wildman–Crippen LogP) is 3.04. The average Bonchev–Trinajstić information content (AvgIpc) is 2.63. The van der Waals surface area contributed by atoms with Gasteiger partial charge in [-0.3, -0.25) is 0 Å². The van der Waals surface area contributed by atoms with Crippen LogP contribution in [-0.2, 0) is 4.53 Å². The van der Waals surface area contributed by atoms with E-state index in [2.05, 4.69) is 37.8 Å². The number of aromatic nitrogens is 1. The van der Waals surface area contributed by atoms with Crippen LogP contribution in [0.5, 0.6) is 0 Å². The average molecular weight is 242 g/mol. The Labute approximate surface area is 96.9 Å².